The first kappa shape index (κ1) is 13.0. The molecule has 2 nitrogen and oxygen atoms in total. The number of hydrogen-bond acceptors (Lipinski definition) is 2. The largest absolute Gasteiger partial charge is 0.486 e. The van der Waals surface area contributed by atoms with E-state index in [0.29, 0.717) is 6.10 Å². The van der Waals surface area contributed by atoms with Crippen LogP contribution in [-0.4, -0.2) is 12.6 Å². The number of allylic oxidation sites excluding steroid dienone is 1. The van der Waals surface area contributed by atoms with Gasteiger partial charge in [0.15, 0.2) is 0 Å². The minimum atomic E-state index is 0.294. The predicted molar refractivity (Wildman–Crippen MR) is 78.2 cm³/mol. The lowest BCUT2D eigenvalue weighted by molar-refractivity contribution is 0.201. The second kappa shape index (κ2) is 6.48. The summed E-state index contributed by atoms with van der Waals surface area (Å²) < 4.78 is 6.06. The minimum Gasteiger partial charge on any atom is -0.486 e. The van der Waals surface area contributed by atoms with Crippen LogP contribution in [0.5, 0.6) is 5.75 Å². The molecule has 0 amide bonds. The van der Waals surface area contributed by atoms with E-state index >= 15 is 0 Å². The van der Waals surface area contributed by atoms with Crippen molar-refractivity contribution in [2.75, 3.05) is 11.9 Å². The van der Waals surface area contributed by atoms with E-state index in [1.165, 1.54) is 18.4 Å². The summed E-state index contributed by atoms with van der Waals surface area (Å²) in [6.07, 6.45) is 9.41. The van der Waals surface area contributed by atoms with Gasteiger partial charge in [-0.2, -0.15) is 0 Å². The minimum absolute atomic E-state index is 0.294. The molecule has 1 unspecified atom stereocenters. The molecule has 0 radical (unpaired) electrons. The number of nitrogens with one attached hydrogen (secondary N) is 1. The zero-order valence-corrected chi connectivity index (χ0v) is 11.4. The van der Waals surface area contributed by atoms with Crippen molar-refractivity contribution in [2.24, 2.45) is 0 Å². The Balaban J connectivity index is 2.13. The highest BCUT2D eigenvalue weighted by Gasteiger charge is 2.19. The Kier molecular flexibility index (Phi) is 4.68. The van der Waals surface area contributed by atoms with Crippen LogP contribution in [-0.2, 0) is 0 Å². The summed E-state index contributed by atoms with van der Waals surface area (Å²) >= 11 is 0. The van der Waals surface area contributed by atoms with Gasteiger partial charge in [-0.05, 0) is 18.9 Å². The van der Waals surface area contributed by atoms with Crippen LogP contribution in [0, 0.1) is 0 Å². The molecule has 0 bridgehead atoms. The van der Waals surface area contributed by atoms with Crippen molar-refractivity contribution in [3.63, 3.8) is 0 Å². The molecule has 98 valence electrons. The molecule has 1 aromatic rings. The van der Waals surface area contributed by atoms with Crippen LogP contribution in [0.15, 0.2) is 24.3 Å². The normalized spacial score (nSPS) is 18.2. The lowest BCUT2D eigenvalue weighted by atomic mass is 10.1. The van der Waals surface area contributed by atoms with E-state index in [0.717, 1.165) is 30.8 Å². The molecular formula is C16H23NO. The summed E-state index contributed by atoms with van der Waals surface area (Å²) in [6.45, 7) is 5.29. The number of hydrogen-bond donors (Lipinski definition) is 1. The van der Waals surface area contributed by atoms with Crippen LogP contribution in [0.3, 0.4) is 0 Å². The number of anilines is 1. The van der Waals surface area contributed by atoms with Crippen molar-refractivity contribution in [1.29, 1.82) is 0 Å². The summed E-state index contributed by atoms with van der Waals surface area (Å²) in [5.41, 5.74) is 2.31. The molecule has 0 spiro atoms. The quantitative estimate of drug-likeness (QED) is 0.773. The zero-order valence-electron chi connectivity index (χ0n) is 11.4. The molecule has 1 aromatic carbocycles. The third kappa shape index (κ3) is 3.06. The number of ether oxygens (including phenoxy) is 1. The zero-order chi connectivity index (χ0) is 12.8. The molecule has 2 rings (SSSR count). The van der Waals surface area contributed by atoms with E-state index in [2.05, 4.69) is 49.5 Å². The van der Waals surface area contributed by atoms with Crippen molar-refractivity contribution in [3.8, 4) is 5.75 Å². The van der Waals surface area contributed by atoms with Gasteiger partial charge in [0.1, 0.15) is 11.9 Å². The maximum absolute atomic E-state index is 6.06. The third-order valence-corrected chi connectivity index (χ3v) is 3.33. The van der Waals surface area contributed by atoms with Gasteiger partial charge in [0.05, 0.1) is 12.2 Å². The van der Waals surface area contributed by atoms with Gasteiger partial charge in [-0.15, -0.1) is 0 Å². The van der Waals surface area contributed by atoms with Crippen molar-refractivity contribution < 1.29 is 4.74 Å². The first-order valence-corrected chi connectivity index (χ1v) is 7.05. The average Bonchev–Trinajstić information content (AvgIpc) is 2.43. The molecule has 0 fully saturated rings. The average molecular weight is 245 g/mol. The summed E-state index contributed by atoms with van der Waals surface area (Å²) in [4.78, 5) is 0. The topological polar surface area (TPSA) is 21.3 Å². The van der Waals surface area contributed by atoms with Crippen molar-refractivity contribution >= 4 is 11.8 Å². The number of rotatable bonds is 5. The Hall–Kier alpha value is -1.44. The molecule has 1 N–H and O–H groups in total. The Morgan fingerprint density at radius 3 is 3.06 bits per heavy atom. The van der Waals surface area contributed by atoms with Crippen LogP contribution in [0.25, 0.3) is 6.08 Å². The van der Waals surface area contributed by atoms with Gasteiger partial charge in [-0.25, -0.2) is 0 Å². The van der Waals surface area contributed by atoms with Gasteiger partial charge in [0.2, 0.25) is 0 Å². The molecule has 1 heterocycles. The molecule has 18 heavy (non-hydrogen) atoms. The van der Waals surface area contributed by atoms with Crippen LogP contribution < -0.4 is 10.1 Å². The molecule has 0 aromatic heterocycles. The Morgan fingerprint density at radius 2 is 2.28 bits per heavy atom. The molecule has 1 aliphatic rings. The molecule has 2 heteroatoms. The van der Waals surface area contributed by atoms with E-state index in [1.807, 2.05) is 0 Å². The first-order valence-electron chi connectivity index (χ1n) is 7.05. The Bertz CT molecular complexity index is 412. The smallest absolute Gasteiger partial charge is 0.150 e. The molecule has 1 atom stereocenters. The molecule has 1 aliphatic heterocycles. The van der Waals surface area contributed by atoms with Gasteiger partial charge < -0.3 is 10.1 Å². The summed E-state index contributed by atoms with van der Waals surface area (Å²) in [7, 11) is 0. The van der Waals surface area contributed by atoms with E-state index in [-0.39, 0.29) is 0 Å². The molecule has 0 aliphatic carbocycles. The molecule has 0 saturated carbocycles. The highest BCUT2D eigenvalue weighted by molar-refractivity contribution is 5.70. The lowest BCUT2D eigenvalue weighted by Crippen LogP contribution is -2.30. The summed E-state index contributed by atoms with van der Waals surface area (Å²) in [5, 5.41) is 3.45. The standard InChI is InChI=1S/C16H23NO/c1-3-5-6-7-9-13-10-8-11-15-16(13)18-14(4-2)12-17-15/h7-11,14,17H,3-6,12H2,1-2H3/b9-7+. The highest BCUT2D eigenvalue weighted by atomic mass is 16.5. The maximum Gasteiger partial charge on any atom is 0.150 e. The van der Waals surface area contributed by atoms with E-state index in [4.69, 9.17) is 4.74 Å². The van der Waals surface area contributed by atoms with Crippen molar-refractivity contribution in [2.45, 2.75) is 45.6 Å². The number of fused-ring (bicyclic) bond motifs is 1. The number of unbranched alkanes of at least 4 members (excludes halogenated alkanes) is 2. The monoisotopic (exact) mass is 245 g/mol. The summed E-state index contributed by atoms with van der Waals surface area (Å²) in [5.74, 6) is 1.02. The number of benzene rings is 1. The van der Waals surface area contributed by atoms with Crippen molar-refractivity contribution in [1.82, 2.24) is 0 Å². The predicted octanol–water partition coefficient (Wildman–Crippen LogP) is 4.47. The van der Waals surface area contributed by atoms with Crippen molar-refractivity contribution in [3.05, 3.63) is 29.8 Å². The fourth-order valence-electron chi connectivity index (χ4n) is 2.15. The fraction of sp³-hybridized carbons (Fsp3) is 0.500. The van der Waals surface area contributed by atoms with Gasteiger partial charge >= 0.3 is 0 Å². The summed E-state index contributed by atoms with van der Waals surface area (Å²) in [6, 6.07) is 6.30. The second-order valence-corrected chi connectivity index (χ2v) is 4.80. The van der Waals surface area contributed by atoms with Gasteiger partial charge in [-0.3, -0.25) is 0 Å². The van der Waals surface area contributed by atoms with E-state index in [9.17, 15) is 0 Å². The first-order chi connectivity index (χ1) is 8.85. The van der Waals surface area contributed by atoms with Crippen LogP contribution in [0.4, 0.5) is 5.69 Å². The maximum atomic E-state index is 6.06. The van der Waals surface area contributed by atoms with Crippen LogP contribution in [0.2, 0.25) is 0 Å². The van der Waals surface area contributed by atoms with Gasteiger partial charge in [0.25, 0.3) is 0 Å². The Labute approximate surface area is 110 Å². The fourth-order valence-corrected chi connectivity index (χ4v) is 2.15. The van der Waals surface area contributed by atoms with E-state index < -0.39 is 0 Å². The lowest BCUT2D eigenvalue weighted by Gasteiger charge is -2.27. The Morgan fingerprint density at radius 1 is 1.39 bits per heavy atom. The van der Waals surface area contributed by atoms with Gasteiger partial charge in [0, 0.05) is 5.56 Å². The molecule has 0 saturated heterocycles. The van der Waals surface area contributed by atoms with Gasteiger partial charge in [-0.1, -0.05) is 51.0 Å². The highest BCUT2D eigenvalue weighted by Crippen LogP contribution is 2.34. The third-order valence-electron chi connectivity index (χ3n) is 3.33. The van der Waals surface area contributed by atoms with E-state index in [1.54, 1.807) is 0 Å². The molecular weight excluding hydrogens is 222 g/mol. The SMILES string of the molecule is CCCC/C=C/c1cccc2c1OC(CC)CN2. The van der Waals surface area contributed by atoms with Crippen LogP contribution in [0.1, 0.15) is 45.1 Å². The van der Waals surface area contributed by atoms with Crippen LogP contribution >= 0.6 is 0 Å². The second-order valence-electron chi connectivity index (χ2n) is 4.80. The number of para-hydroxylation sites is 1.